The number of esters is 1. The third-order valence-electron chi connectivity index (χ3n) is 5.66. The van der Waals surface area contributed by atoms with Gasteiger partial charge in [0.05, 0.1) is 18.2 Å². The molecule has 1 heterocycles. The Hall–Kier alpha value is -3.35. The second kappa shape index (κ2) is 9.87. The Bertz CT molecular complexity index is 1250. The summed E-state index contributed by atoms with van der Waals surface area (Å²) in [6.45, 7) is 2.03. The van der Waals surface area contributed by atoms with Crippen molar-refractivity contribution in [3.05, 3.63) is 98.5 Å². The maximum absolute atomic E-state index is 13.0. The number of aryl methyl sites for hydroxylation is 1. The van der Waals surface area contributed by atoms with Gasteiger partial charge in [0.2, 0.25) is 0 Å². The normalized spacial score (nSPS) is 13.6. The van der Waals surface area contributed by atoms with Crippen molar-refractivity contribution in [2.24, 2.45) is 0 Å². The minimum atomic E-state index is -1.09. The summed E-state index contributed by atoms with van der Waals surface area (Å²) in [4.78, 5) is 39.5. The number of amides is 2. The van der Waals surface area contributed by atoms with Crippen LogP contribution in [0.3, 0.4) is 0 Å². The van der Waals surface area contributed by atoms with Crippen LogP contribution in [0.15, 0.2) is 60.7 Å². The van der Waals surface area contributed by atoms with Gasteiger partial charge in [0.1, 0.15) is 18.4 Å². The van der Waals surface area contributed by atoms with Crippen molar-refractivity contribution in [2.45, 2.75) is 26.0 Å². The first-order chi connectivity index (χ1) is 16.3. The molecule has 0 saturated heterocycles. The molecule has 0 saturated carbocycles. The summed E-state index contributed by atoms with van der Waals surface area (Å²) < 4.78 is 10.7. The van der Waals surface area contributed by atoms with Crippen molar-refractivity contribution >= 4 is 41.0 Å². The number of nitrogens with zero attached hydrogens (tertiary/aromatic N) is 1. The summed E-state index contributed by atoms with van der Waals surface area (Å²) in [5.74, 6) is -1.10. The fraction of sp³-hybridized carbons (Fsp3) is 0.192. The van der Waals surface area contributed by atoms with Crippen LogP contribution in [0.4, 0.5) is 0 Å². The van der Waals surface area contributed by atoms with E-state index in [-0.39, 0.29) is 18.6 Å². The first-order valence-corrected chi connectivity index (χ1v) is 11.3. The van der Waals surface area contributed by atoms with E-state index in [0.717, 1.165) is 16.0 Å². The van der Waals surface area contributed by atoms with Crippen LogP contribution in [-0.2, 0) is 22.6 Å². The fourth-order valence-electron chi connectivity index (χ4n) is 3.84. The van der Waals surface area contributed by atoms with E-state index in [9.17, 15) is 14.4 Å². The summed E-state index contributed by atoms with van der Waals surface area (Å²) in [5, 5.41) is 1.03. The number of methoxy groups -OCH3 is 1. The van der Waals surface area contributed by atoms with Gasteiger partial charge in [0.25, 0.3) is 11.8 Å². The number of imide groups is 1. The number of rotatable bonds is 7. The smallest absolute Gasteiger partial charge is 0.329 e. The van der Waals surface area contributed by atoms with Gasteiger partial charge in [0, 0.05) is 22.0 Å². The largest absolute Gasteiger partial charge is 0.489 e. The Balaban J connectivity index is 1.51. The lowest BCUT2D eigenvalue weighted by Crippen LogP contribution is -2.46. The molecule has 1 atom stereocenters. The highest BCUT2D eigenvalue weighted by Gasteiger charge is 2.43. The van der Waals surface area contributed by atoms with Crippen molar-refractivity contribution in [3.63, 3.8) is 0 Å². The SMILES string of the molecule is COC(=O)[C@H](Cc1ccc(OCc2c(Cl)cccc2Cl)cc1)N1C(=O)c2ccc(C)cc2C1=O. The van der Waals surface area contributed by atoms with Crippen molar-refractivity contribution in [1.82, 2.24) is 4.90 Å². The lowest BCUT2D eigenvalue weighted by Gasteiger charge is -2.24. The summed E-state index contributed by atoms with van der Waals surface area (Å²) >= 11 is 12.4. The molecular formula is C26H21Cl2NO5. The lowest BCUT2D eigenvalue weighted by molar-refractivity contribution is -0.145. The molecule has 0 bridgehead atoms. The molecule has 0 spiro atoms. The monoisotopic (exact) mass is 497 g/mol. The Labute approximate surface area is 207 Å². The maximum Gasteiger partial charge on any atom is 0.329 e. The number of halogens is 2. The highest BCUT2D eigenvalue weighted by Crippen LogP contribution is 2.29. The minimum Gasteiger partial charge on any atom is -0.489 e. The molecular weight excluding hydrogens is 477 g/mol. The Kier molecular flexibility index (Phi) is 6.91. The molecule has 6 nitrogen and oxygen atoms in total. The van der Waals surface area contributed by atoms with Crippen LogP contribution >= 0.6 is 23.2 Å². The minimum absolute atomic E-state index is 0.105. The third-order valence-corrected chi connectivity index (χ3v) is 6.36. The third kappa shape index (κ3) is 4.65. The molecule has 0 aliphatic carbocycles. The molecule has 4 rings (SSSR count). The van der Waals surface area contributed by atoms with Crippen LogP contribution in [0.1, 0.15) is 37.4 Å². The van der Waals surface area contributed by atoms with E-state index in [1.807, 2.05) is 6.92 Å². The number of ether oxygens (including phenoxy) is 2. The van der Waals surface area contributed by atoms with Crippen LogP contribution in [0, 0.1) is 6.92 Å². The van der Waals surface area contributed by atoms with Gasteiger partial charge in [-0.05, 0) is 48.9 Å². The zero-order valence-corrected chi connectivity index (χ0v) is 20.0. The van der Waals surface area contributed by atoms with Gasteiger partial charge >= 0.3 is 5.97 Å². The van der Waals surface area contributed by atoms with Gasteiger partial charge in [0.15, 0.2) is 0 Å². The van der Waals surface area contributed by atoms with E-state index in [0.29, 0.717) is 26.9 Å². The predicted octanol–water partition coefficient (Wildman–Crippen LogP) is 5.26. The van der Waals surface area contributed by atoms with Crippen LogP contribution in [0.5, 0.6) is 5.75 Å². The molecule has 0 radical (unpaired) electrons. The number of carbonyl (C=O) groups excluding carboxylic acids is 3. The Morgan fingerprint density at radius 3 is 2.24 bits per heavy atom. The molecule has 8 heteroatoms. The highest BCUT2D eigenvalue weighted by molar-refractivity contribution is 6.36. The fourth-order valence-corrected chi connectivity index (χ4v) is 4.35. The van der Waals surface area contributed by atoms with Gasteiger partial charge in [-0.25, -0.2) is 4.79 Å². The first kappa shape index (κ1) is 23.8. The number of fused-ring (bicyclic) bond motifs is 1. The second-order valence-electron chi connectivity index (χ2n) is 7.91. The molecule has 0 N–H and O–H groups in total. The topological polar surface area (TPSA) is 72.9 Å². The summed E-state index contributed by atoms with van der Waals surface area (Å²) in [7, 11) is 1.23. The van der Waals surface area contributed by atoms with Crippen LogP contribution in [0.25, 0.3) is 0 Å². The standard InChI is InChI=1S/C26H21Cl2NO5/c1-15-6-11-18-19(12-15)25(31)29(24(18)30)23(26(32)33-2)13-16-7-9-17(10-8-16)34-14-20-21(27)4-3-5-22(20)28/h3-12,23H,13-14H2,1-2H3/t23-/m0/s1. The molecule has 0 fully saturated rings. The summed E-state index contributed by atoms with van der Waals surface area (Å²) in [6.07, 6.45) is 0.105. The average Bonchev–Trinajstić information content (AvgIpc) is 3.06. The van der Waals surface area contributed by atoms with Gasteiger partial charge in [-0.3, -0.25) is 14.5 Å². The predicted molar refractivity (Wildman–Crippen MR) is 128 cm³/mol. The second-order valence-corrected chi connectivity index (χ2v) is 8.72. The zero-order valence-electron chi connectivity index (χ0n) is 18.5. The lowest BCUT2D eigenvalue weighted by atomic mass is 10.0. The van der Waals surface area contributed by atoms with Crippen molar-refractivity contribution < 1.29 is 23.9 Å². The molecule has 1 aliphatic rings. The maximum atomic E-state index is 13.0. The van der Waals surface area contributed by atoms with E-state index in [1.54, 1.807) is 60.7 Å². The van der Waals surface area contributed by atoms with Gasteiger partial charge in [-0.15, -0.1) is 0 Å². The van der Waals surface area contributed by atoms with E-state index < -0.39 is 23.8 Å². The highest BCUT2D eigenvalue weighted by atomic mass is 35.5. The summed E-state index contributed by atoms with van der Waals surface area (Å²) in [6, 6.07) is 16.2. The van der Waals surface area contributed by atoms with Crippen LogP contribution in [-0.4, -0.2) is 35.8 Å². The quantitative estimate of drug-likeness (QED) is 0.328. The number of carbonyl (C=O) groups is 3. The van der Waals surface area contributed by atoms with Gasteiger partial charge < -0.3 is 9.47 Å². The van der Waals surface area contributed by atoms with E-state index in [1.165, 1.54) is 7.11 Å². The molecule has 0 unspecified atom stereocenters. The Morgan fingerprint density at radius 2 is 1.59 bits per heavy atom. The molecule has 0 aromatic heterocycles. The van der Waals surface area contributed by atoms with E-state index in [2.05, 4.69) is 0 Å². The summed E-state index contributed by atoms with van der Waals surface area (Å²) in [5.41, 5.74) is 2.84. The molecule has 3 aromatic rings. The van der Waals surface area contributed by atoms with Crippen molar-refractivity contribution in [2.75, 3.05) is 7.11 Å². The van der Waals surface area contributed by atoms with Crippen LogP contribution in [0.2, 0.25) is 10.0 Å². The zero-order chi connectivity index (χ0) is 24.4. The average molecular weight is 498 g/mol. The molecule has 1 aliphatic heterocycles. The van der Waals surface area contributed by atoms with Gasteiger partial charge in [-0.2, -0.15) is 0 Å². The molecule has 34 heavy (non-hydrogen) atoms. The first-order valence-electron chi connectivity index (χ1n) is 10.5. The molecule has 174 valence electrons. The van der Waals surface area contributed by atoms with Crippen molar-refractivity contribution in [3.8, 4) is 5.75 Å². The number of benzene rings is 3. The van der Waals surface area contributed by atoms with Crippen LogP contribution < -0.4 is 4.74 Å². The molecule has 2 amide bonds. The number of hydrogen-bond donors (Lipinski definition) is 0. The number of hydrogen-bond acceptors (Lipinski definition) is 5. The van der Waals surface area contributed by atoms with E-state index >= 15 is 0 Å². The molecule has 3 aromatic carbocycles. The van der Waals surface area contributed by atoms with Gasteiger partial charge in [-0.1, -0.05) is 53.0 Å². The van der Waals surface area contributed by atoms with E-state index in [4.69, 9.17) is 32.7 Å². The Morgan fingerprint density at radius 1 is 0.941 bits per heavy atom. The van der Waals surface area contributed by atoms with Crippen molar-refractivity contribution in [1.29, 1.82) is 0 Å².